The Labute approximate surface area is 192 Å². The number of aliphatic hydroxyl groups is 1. The Morgan fingerprint density at radius 1 is 1.25 bits per heavy atom. The summed E-state index contributed by atoms with van der Waals surface area (Å²) in [5, 5.41) is 19.6. The second kappa shape index (κ2) is 8.26. The van der Waals surface area contributed by atoms with Crippen LogP contribution >= 0.6 is 11.6 Å². The van der Waals surface area contributed by atoms with Crippen LogP contribution in [0.5, 0.6) is 0 Å². The molecule has 2 atom stereocenters. The molecule has 9 heteroatoms. The van der Waals surface area contributed by atoms with Gasteiger partial charge in [-0.15, -0.1) is 0 Å². The van der Waals surface area contributed by atoms with Gasteiger partial charge in [-0.3, -0.25) is 9.58 Å². The first-order chi connectivity index (χ1) is 15.3. The van der Waals surface area contributed by atoms with Crippen molar-refractivity contribution in [2.75, 3.05) is 31.6 Å². The number of hydrogen-bond donors (Lipinski definition) is 2. The van der Waals surface area contributed by atoms with Gasteiger partial charge in [0.05, 0.1) is 48.0 Å². The van der Waals surface area contributed by atoms with Crippen molar-refractivity contribution in [1.82, 2.24) is 24.6 Å². The predicted molar refractivity (Wildman–Crippen MR) is 125 cm³/mol. The van der Waals surface area contributed by atoms with E-state index in [-0.39, 0.29) is 5.54 Å². The number of ether oxygens (including phenoxy) is 1. The number of anilines is 2. The van der Waals surface area contributed by atoms with E-state index in [4.69, 9.17) is 21.3 Å². The fraction of sp³-hybridized carbons (Fsp3) is 0.522. The van der Waals surface area contributed by atoms with E-state index in [1.54, 1.807) is 12.4 Å². The first-order valence-electron chi connectivity index (χ1n) is 11.1. The second-order valence-electron chi connectivity index (χ2n) is 9.17. The molecule has 1 aromatic carbocycles. The number of likely N-dealkylation sites (tertiary alicyclic amines) is 1. The molecule has 2 saturated heterocycles. The molecule has 2 aromatic heterocycles. The highest BCUT2D eigenvalue weighted by molar-refractivity contribution is 6.32. The number of aliphatic hydroxyl groups excluding tert-OH is 1. The van der Waals surface area contributed by atoms with Crippen LogP contribution < -0.4 is 5.32 Å². The van der Waals surface area contributed by atoms with Crippen molar-refractivity contribution >= 4 is 34.1 Å². The highest BCUT2D eigenvalue weighted by Gasteiger charge is 2.45. The first-order valence-corrected chi connectivity index (χ1v) is 11.5. The molecule has 170 valence electrons. The molecule has 1 unspecified atom stereocenters. The van der Waals surface area contributed by atoms with E-state index in [1.807, 2.05) is 24.7 Å². The largest absolute Gasteiger partial charge is 0.389 e. The lowest BCUT2D eigenvalue weighted by Crippen LogP contribution is -2.56. The number of nitrogens with zero attached hydrogens (tertiary/aromatic N) is 5. The average Bonchev–Trinajstić information content (AvgIpc) is 3.30. The van der Waals surface area contributed by atoms with Crippen molar-refractivity contribution in [2.45, 2.75) is 44.2 Å². The van der Waals surface area contributed by atoms with Crippen LogP contribution in [0.2, 0.25) is 5.02 Å². The SMILES string of the molecule is Cc1c(Nc2ncc3cc(Cl)c(C4CCN(C5(C)COC[C@H]5O)CC4)cc3n2)cnn1C. The van der Waals surface area contributed by atoms with Gasteiger partial charge in [-0.05, 0) is 63.4 Å². The third kappa shape index (κ3) is 3.75. The molecule has 0 aliphatic carbocycles. The van der Waals surface area contributed by atoms with Crippen molar-refractivity contribution in [3.05, 3.63) is 40.8 Å². The zero-order valence-corrected chi connectivity index (χ0v) is 19.4. The third-order valence-electron chi connectivity index (χ3n) is 7.23. The van der Waals surface area contributed by atoms with Gasteiger partial charge in [0.1, 0.15) is 0 Å². The number of hydrogen-bond acceptors (Lipinski definition) is 7. The van der Waals surface area contributed by atoms with Crippen LogP contribution in [-0.4, -0.2) is 67.7 Å². The molecule has 0 amide bonds. The molecule has 2 aliphatic rings. The van der Waals surface area contributed by atoms with E-state index in [9.17, 15) is 5.11 Å². The molecule has 8 nitrogen and oxygen atoms in total. The molecule has 2 aliphatic heterocycles. The maximum Gasteiger partial charge on any atom is 0.227 e. The highest BCUT2D eigenvalue weighted by atomic mass is 35.5. The molecule has 0 saturated carbocycles. The summed E-state index contributed by atoms with van der Waals surface area (Å²) >= 11 is 6.69. The number of nitrogens with one attached hydrogen (secondary N) is 1. The number of halogens is 1. The smallest absolute Gasteiger partial charge is 0.227 e. The Bertz CT molecular complexity index is 1140. The Kier molecular flexibility index (Phi) is 5.57. The number of aromatic nitrogens is 4. The summed E-state index contributed by atoms with van der Waals surface area (Å²) in [5.41, 5.74) is 3.62. The van der Waals surface area contributed by atoms with Gasteiger partial charge in [-0.25, -0.2) is 9.97 Å². The molecule has 4 heterocycles. The molecule has 0 spiro atoms. The summed E-state index contributed by atoms with van der Waals surface area (Å²) in [6.45, 7) is 6.92. The Balaban J connectivity index is 1.36. The fourth-order valence-corrected chi connectivity index (χ4v) is 5.16. The van der Waals surface area contributed by atoms with Crippen LogP contribution in [0, 0.1) is 6.92 Å². The predicted octanol–water partition coefficient (Wildman–Crippen LogP) is 3.40. The van der Waals surface area contributed by atoms with Crippen LogP contribution in [0.4, 0.5) is 11.6 Å². The van der Waals surface area contributed by atoms with E-state index < -0.39 is 6.10 Å². The Morgan fingerprint density at radius 3 is 2.69 bits per heavy atom. The maximum atomic E-state index is 10.4. The summed E-state index contributed by atoms with van der Waals surface area (Å²) in [6.07, 6.45) is 5.11. The minimum atomic E-state index is -0.436. The van der Waals surface area contributed by atoms with E-state index >= 15 is 0 Å². The molecule has 2 fully saturated rings. The average molecular weight is 457 g/mol. The van der Waals surface area contributed by atoms with Gasteiger partial charge in [0.25, 0.3) is 0 Å². The molecule has 0 bridgehead atoms. The van der Waals surface area contributed by atoms with Gasteiger partial charge >= 0.3 is 0 Å². The number of piperidine rings is 1. The third-order valence-corrected chi connectivity index (χ3v) is 7.55. The van der Waals surface area contributed by atoms with Crippen LogP contribution in [-0.2, 0) is 11.8 Å². The lowest BCUT2D eigenvalue weighted by Gasteiger charge is -2.43. The standard InChI is InChI=1S/C23H29ClN6O2/c1-14-20(11-26-29(14)3)28-22-25-10-16-8-18(24)17(9-19(16)27-22)15-4-6-30(7-5-15)23(2)13-32-12-21(23)31/h8-11,15,21,31H,4-7,12-13H2,1-3H3,(H,25,27,28)/t21-,23?/m1/s1. The topological polar surface area (TPSA) is 88.3 Å². The summed E-state index contributed by atoms with van der Waals surface area (Å²) in [5.74, 6) is 0.901. The summed E-state index contributed by atoms with van der Waals surface area (Å²) in [4.78, 5) is 11.6. The van der Waals surface area contributed by atoms with E-state index in [0.717, 1.165) is 58.8 Å². The monoisotopic (exact) mass is 456 g/mol. The van der Waals surface area contributed by atoms with E-state index in [0.29, 0.717) is 25.1 Å². The minimum Gasteiger partial charge on any atom is -0.389 e. The number of rotatable bonds is 4. The van der Waals surface area contributed by atoms with Crippen molar-refractivity contribution in [2.24, 2.45) is 7.05 Å². The van der Waals surface area contributed by atoms with Crippen LogP contribution in [0.1, 0.15) is 36.9 Å². The molecule has 0 radical (unpaired) electrons. The Morgan fingerprint density at radius 2 is 2.03 bits per heavy atom. The van der Waals surface area contributed by atoms with E-state index in [1.165, 1.54) is 0 Å². The zero-order chi connectivity index (χ0) is 22.5. The van der Waals surface area contributed by atoms with Crippen molar-refractivity contribution in [3.8, 4) is 0 Å². The van der Waals surface area contributed by atoms with Gasteiger partial charge in [0.2, 0.25) is 5.95 Å². The van der Waals surface area contributed by atoms with Crippen molar-refractivity contribution < 1.29 is 9.84 Å². The fourth-order valence-electron chi connectivity index (χ4n) is 4.84. The summed E-state index contributed by atoms with van der Waals surface area (Å²) in [7, 11) is 1.90. The zero-order valence-electron chi connectivity index (χ0n) is 18.7. The van der Waals surface area contributed by atoms with Gasteiger partial charge in [0, 0.05) is 23.7 Å². The molecular weight excluding hydrogens is 428 g/mol. The van der Waals surface area contributed by atoms with Gasteiger partial charge in [0.15, 0.2) is 0 Å². The summed E-state index contributed by atoms with van der Waals surface area (Å²) in [6, 6.07) is 4.07. The normalized spacial score (nSPS) is 25.0. The molecular formula is C23H29ClN6O2. The minimum absolute atomic E-state index is 0.295. The molecule has 32 heavy (non-hydrogen) atoms. The van der Waals surface area contributed by atoms with Crippen molar-refractivity contribution in [1.29, 1.82) is 0 Å². The second-order valence-corrected chi connectivity index (χ2v) is 9.58. The van der Waals surface area contributed by atoms with Crippen LogP contribution in [0.15, 0.2) is 24.5 Å². The molecule has 2 N–H and O–H groups in total. The van der Waals surface area contributed by atoms with E-state index in [2.05, 4.69) is 33.3 Å². The van der Waals surface area contributed by atoms with Gasteiger partial charge in [-0.1, -0.05) is 11.6 Å². The number of benzene rings is 1. The number of aryl methyl sites for hydroxylation is 1. The molecule has 5 rings (SSSR count). The van der Waals surface area contributed by atoms with Gasteiger partial charge < -0.3 is 15.2 Å². The van der Waals surface area contributed by atoms with Crippen LogP contribution in [0.25, 0.3) is 10.9 Å². The van der Waals surface area contributed by atoms with Crippen LogP contribution in [0.3, 0.4) is 0 Å². The quantitative estimate of drug-likeness (QED) is 0.622. The highest BCUT2D eigenvalue weighted by Crippen LogP contribution is 2.38. The van der Waals surface area contributed by atoms with Crippen molar-refractivity contribution in [3.63, 3.8) is 0 Å². The first kappa shape index (κ1) is 21.6. The van der Waals surface area contributed by atoms with Gasteiger partial charge in [-0.2, -0.15) is 5.10 Å². The maximum absolute atomic E-state index is 10.4. The molecule has 3 aromatic rings. The Hall–Kier alpha value is -2.26. The summed E-state index contributed by atoms with van der Waals surface area (Å²) < 4.78 is 7.34. The lowest BCUT2D eigenvalue weighted by molar-refractivity contribution is -0.00211. The lowest BCUT2D eigenvalue weighted by atomic mass is 9.85. The number of fused-ring (bicyclic) bond motifs is 1.